The number of aliphatic carboxylic acids is 1. The summed E-state index contributed by atoms with van der Waals surface area (Å²) in [6, 6.07) is 0. The van der Waals surface area contributed by atoms with E-state index in [0.29, 0.717) is 12.5 Å². The highest BCUT2D eigenvalue weighted by Gasteiger charge is 2.10. The van der Waals surface area contributed by atoms with Gasteiger partial charge in [0, 0.05) is 6.92 Å². The molecule has 80 valence electrons. The minimum Gasteiger partial charge on any atom is -0.481 e. The van der Waals surface area contributed by atoms with Crippen LogP contribution in [0.15, 0.2) is 0 Å². The number of hydrogen-bond donors (Lipinski definition) is 1. The number of carboxylic acids is 1. The van der Waals surface area contributed by atoms with Gasteiger partial charge >= 0.3 is 0 Å². The van der Waals surface area contributed by atoms with Crippen molar-refractivity contribution >= 4 is 26.2 Å². The molecular formula is C4H10O7S2. The molecule has 0 aliphatic carbocycles. The maximum Gasteiger partial charge on any atom is 0.300 e. The van der Waals surface area contributed by atoms with Gasteiger partial charge in [0.05, 0.1) is 12.5 Å². The van der Waals surface area contributed by atoms with Crippen LogP contribution in [-0.2, 0) is 28.7 Å². The van der Waals surface area contributed by atoms with Crippen molar-refractivity contribution in [3.63, 3.8) is 0 Å². The molecule has 9 heteroatoms. The van der Waals surface area contributed by atoms with E-state index in [1.165, 1.54) is 0 Å². The van der Waals surface area contributed by atoms with Gasteiger partial charge in [-0.05, 0) is 0 Å². The van der Waals surface area contributed by atoms with Crippen molar-refractivity contribution in [2.24, 2.45) is 0 Å². The van der Waals surface area contributed by atoms with Crippen molar-refractivity contribution in [1.29, 1.82) is 0 Å². The lowest BCUT2D eigenvalue weighted by atomic mass is 10.9. The fraction of sp³-hybridized carbons (Fsp3) is 0.750. The summed E-state index contributed by atoms with van der Waals surface area (Å²) in [7, 11) is -7.74. The second-order valence-electron chi connectivity index (χ2n) is 2.00. The van der Waals surface area contributed by atoms with E-state index in [4.69, 9.17) is 9.90 Å². The lowest BCUT2D eigenvalue weighted by molar-refractivity contribution is -0.134. The van der Waals surface area contributed by atoms with Crippen molar-refractivity contribution in [2.45, 2.75) is 6.92 Å². The van der Waals surface area contributed by atoms with Crippen LogP contribution in [0, 0.1) is 0 Å². The molecule has 0 atom stereocenters. The summed E-state index contributed by atoms with van der Waals surface area (Å²) in [5.41, 5.74) is 0. The van der Waals surface area contributed by atoms with Gasteiger partial charge < -0.3 is 5.11 Å². The minimum atomic E-state index is -3.87. The summed E-state index contributed by atoms with van der Waals surface area (Å²) in [6.45, 7) is 1.08. The lowest BCUT2D eigenvalue weighted by Crippen LogP contribution is -2.09. The first-order valence-corrected chi connectivity index (χ1v) is 6.38. The maximum absolute atomic E-state index is 10.0. The Morgan fingerprint density at radius 3 is 1.23 bits per heavy atom. The second-order valence-corrected chi connectivity index (χ2v) is 5.36. The largest absolute Gasteiger partial charge is 0.481 e. The topological polar surface area (TPSA) is 115 Å². The van der Waals surface area contributed by atoms with Crippen LogP contribution in [0.1, 0.15) is 6.92 Å². The molecule has 0 amide bonds. The van der Waals surface area contributed by atoms with Crippen LogP contribution in [-0.4, -0.2) is 40.4 Å². The van der Waals surface area contributed by atoms with Gasteiger partial charge in [-0.1, -0.05) is 0 Å². The Labute approximate surface area is 76.6 Å². The zero-order chi connectivity index (χ0) is 11.3. The third-order valence-electron chi connectivity index (χ3n) is 0.247. The summed E-state index contributed by atoms with van der Waals surface area (Å²) >= 11 is 0. The average molecular weight is 234 g/mol. The van der Waals surface area contributed by atoms with E-state index in [9.17, 15) is 16.8 Å². The third kappa shape index (κ3) is 34.7. The summed E-state index contributed by atoms with van der Waals surface area (Å²) in [5, 5.41) is 7.42. The first kappa shape index (κ1) is 14.8. The van der Waals surface area contributed by atoms with Crippen LogP contribution in [0.3, 0.4) is 0 Å². The monoisotopic (exact) mass is 234 g/mol. The van der Waals surface area contributed by atoms with Gasteiger partial charge in [0.15, 0.2) is 0 Å². The predicted molar refractivity (Wildman–Crippen MR) is 44.1 cm³/mol. The molecule has 0 saturated heterocycles. The average Bonchev–Trinajstić information content (AvgIpc) is 1.47. The van der Waals surface area contributed by atoms with Gasteiger partial charge in [-0.15, -0.1) is 3.63 Å². The normalized spacial score (nSPS) is 11.3. The van der Waals surface area contributed by atoms with Crippen molar-refractivity contribution in [2.75, 3.05) is 12.5 Å². The zero-order valence-electron chi connectivity index (χ0n) is 7.21. The Hall–Kier alpha value is -0.670. The molecule has 0 aromatic carbocycles. The summed E-state index contributed by atoms with van der Waals surface area (Å²) in [6.07, 6.45) is 1.32. The van der Waals surface area contributed by atoms with Crippen LogP contribution in [0.5, 0.6) is 0 Å². The zero-order valence-corrected chi connectivity index (χ0v) is 8.85. The number of carbonyl (C=O) groups is 1. The SMILES string of the molecule is CC(=O)O.CS(=O)(=O)OS(C)(=O)=O. The number of carboxylic acid groups (broad SMARTS) is 1. The molecule has 0 aromatic heterocycles. The maximum atomic E-state index is 10.0. The van der Waals surface area contributed by atoms with Gasteiger partial charge in [0.1, 0.15) is 0 Å². The lowest BCUT2D eigenvalue weighted by Gasteiger charge is -1.92. The highest BCUT2D eigenvalue weighted by Crippen LogP contribution is 1.92. The van der Waals surface area contributed by atoms with Crippen LogP contribution in [0.4, 0.5) is 0 Å². The Morgan fingerprint density at radius 1 is 1.08 bits per heavy atom. The summed E-state index contributed by atoms with van der Waals surface area (Å²) in [5.74, 6) is -0.833. The minimum absolute atomic E-state index is 0.661. The molecule has 0 heterocycles. The Morgan fingerprint density at radius 2 is 1.23 bits per heavy atom. The number of hydrogen-bond acceptors (Lipinski definition) is 6. The third-order valence-corrected chi connectivity index (χ3v) is 2.22. The molecule has 0 aliphatic heterocycles. The molecule has 0 rings (SSSR count). The standard InChI is InChI=1S/C2H6O5S2.C2H4O2/c1-8(3,4)7-9(2,5)6;1-2(3)4/h1-2H3;1H3,(H,3,4). The predicted octanol–water partition coefficient (Wildman–Crippen LogP) is -0.987. The Bertz CT molecular complexity index is 314. The molecule has 0 fully saturated rings. The molecule has 1 N–H and O–H groups in total. The molecule has 0 radical (unpaired) electrons. The highest BCUT2D eigenvalue weighted by atomic mass is 32.3. The van der Waals surface area contributed by atoms with Crippen molar-refractivity contribution < 1.29 is 30.4 Å². The molecule has 7 nitrogen and oxygen atoms in total. The quantitative estimate of drug-likeness (QED) is 0.652. The molecular weight excluding hydrogens is 224 g/mol. The Balaban J connectivity index is 0. The van der Waals surface area contributed by atoms with Crippen LogP contribution in [0.2, 0.25) is 0 Å². The van der Waals surface area contributed by atoms with E-state index in [1.807, 2.05) is 0 Å². The first-order chi connectivity index (χ1) is 5.44. The van der Waals surface area contributed by atoms with E-state index in [1.54, 1.807) is 0 Å². The number of rotatable bonds is 2. The molecule has 0 aromatic rings. The van der Waals surface area contributed by atoms with E-state index >= 15 is 0 Å². The van der Waals surface area contributed by atoms with Gasteiger partial charge in [0.25, 0.3) is 26.2 Å². The molecule has 0 aliphatic rings. The van der Waals surface area contributed by atoms with Gasteiger partial charge in [-0.2, -0.15) is 16.8 Å². The van der Waals surface area contributed by atoms with E-state index in [-0.39, 0.29) is 0 Å². The first-order valence-electron chi connectivity index (χ1n) is 2.74. The second kappa shape index (κ2) is 5.14. The smallest absolute Gasteiger partial charge is 0.300 e. The summed E-state index contributed by atoms with van der Waals surface area (Å²) < 4.78 is 43.8. The van der Waals surface area contributed by atoms with E-state index < -0.39 is 26.2 Å². The summed E-state index contributed by atoms with van der Waals surface area (Å²) in [4.78, 5) is 9.00. The fourth-order valence-corrected chi connectivity index (χ4v) is 2.02. The van der Waals surface area contributed by atoms with Crippen molar-refractivity contribution in [3.05, 3.63) is 0 Å². The van der Waals surface area contributed by atoms with Gasteiger partial charge in [-0.25, -0.2) is 0 Å². The van der Waals surface area contributed by atoms with E-state index in [2.05, 4.69) is 3.63 Å². The van der Waals surface area contributed by atoms with Crippen LogP contribution < -0.4 is 0 Å². The molecule has 0 bridgehead atoms. The molecule has 0 saturated carbocycles. The van der Waals surface area contributed by atoms with Crippen LogP contribution >= 0.6 is 0 Å². The van der Waals surface area contributed by atoms with Crippen LogP contribution in [0.25, 0.3) is 0 Å². The van der Waals surface area contributed by atoms with Crippen molar-refractivity contribution in [1.82, 2.24) is 0 Å². The Kier molecular flexibility index (Phi) is 5.87. The fourth-order valence-electron chi connectivity index (χ4n) is 0.225. The molecule has 0 spiro atoms. The van der Waals surface area contributed by atoms with Gasteiger partial charge in [-0.3, -0.25) is 4.79 Å². The highest BCUT2D eigenvalue weighted by molar-refractivity contribution is 7.99. The molecule has 13 heavy (non-hydrogen) atoms. The van der Waals surface area contributed by atoms with Gasteiger partial charge in [0.2, 0.25) is 0 Å². The molecule has 0 unspecified atom stereocenters. The van der Waals surface area contributed by atoms with E-state index in [0.717, 1.165) is 6.92 Å². The van der Waals surface area contributed by atoms with Crippen molar-refractivity contribution in [3.8, 4) is 0 Å².